The number of hydrogen-bond acceptors (Lipinski definition) is 6. The minimum Gasteiger partial charge on any atom is -0.268 e. The van der Waals surface area contributed by atoms with Crippen molar-refractivity contribution in [2.45, 2.75) is 44.9 Å². The monoisotopic (exact) mass is 364 g/mol. The van der Waals surface area contributed by atoms with Gasteiger partial charge in [0.25, 0.3) is 5.69 Å². The summed E-state index contributed by atoms with van der Waals surface area (Å²) in [6.45, 7) is 7.38. The molecule has 2 aromatic rings. The molecule has 0 aliphatic carbocycles. The first kappa shape index (κ1) is 18.9. The van der Waals surface area contributed by atoms with Crippen LogP contribution in [0.4, 0.5) is 5.69 Å². The highest BCUT2D eigenvalue weighted by atomic mass is 32.2. The molecule has 1 aromatic carbocycles. The number of thioether (sulfide) groups is 1. The molecule has 0 amide bonds. The molecule has 1 heterocycles. The Labute approximate surface area is 148 Å². The Hall–Kier alpha value is -2.42. The fourth-order valence-electron chi connectivity index (χ4n) is 2.33. The summed E-state index contributed by atoms with van der Waals surface area (Å²) >= 11 is 1.31. The van der Waals surface area contributed by atoms with Crippen molar-refractivity contribution >= 4 is 17.4 Å². The lowest BCUT2D eigenvalue weighted by atomic mass is 10.1. The third-order valence-corrected chi connectivity index (χ3v) is 4.33. The van der Waals surface area contributed by atoms with Crippen molar-refractivity contribution in [3.05, 3.63) is 60.9 Å². The fourth-order valence-corrected chi connectivity index (χ4v) is 3.03. The molecule has 0 radical (unpaired) electrons. The van der Waals surface area contributed by atoms with Gasteiger partial charge in [0.1, 0.15) is 0 Å². The number of nitro groups is 1. The maximum Gasteiger partial charge on any atom is 0.354 e. The van der Waals surface area contributed by atoms with Gasteiger partial charge in [-0.1, -0.05) is 30.8 Å². The number of benzene rings is 1. The van der Waals surface area contributed by atoms with Crippen molar-refractivity contribution in [1.82, 2.24) is 14.1 Å². The number of nitrogens with zero attached hydrogens (tertiary/aromatic N) is 4. The molecule has 0 unspecified atom stereocenters. The summed E-state index contributed by atoms with van der Waals surface area (Å²) in [5.74, 6) is 0.658. The van der Waals surface area contributed by atoms with Gasteiger partial charge in [-0.05, 0) is 32.1 Å². The van der Waals surface area contributed by atoms with Crippen molar-refractivity contribution < 1.29 is 4.92 Å². The van der Waals surface area contributed by atoms with Gasteiger partial charge < -0.3 is 0 Å². The van der Waals surface area contributed by atoms with E-state index >= 15 is 0 Å². The second-order valence-electron chi connectivity index (χ2n) is 6.41. The molecule has 0 saturated heterocycles. The molecule has 0 saturated carbocycles. The van der Waals surface area contributed by atoms with Gasteiger partial charge in [-0.25, -0.2) is 14.2 Å². The van der Waals surface area contributed by atoms with E-state index in [2.05, 4.69) is 4.98 Å². The minimum atomic E-state index is -0.701. The van der Waals surface area contributed by atoms with E-state index in [1.54, 1.807) is 32.9 Å². The maximum absolute atomic E-state index is 12.9. The van der Waals surface area contributed by atoms with Crippen molar-refractivity contribution in [2.75, 3.05) is 5.75 Å². The fraction of sp³-hybridized carbons (Fsp3) is 0.438. The van der Waals surface area contributed by atoms with Crippen LogP contribution >= 0.6 is 11.8 Å². The van der Waals surface area contributed by atoms with E-state index in [0.29, 0.717) is 16.5 Å². The second kappa shape index (κ2) is 7.22. The Morgan fingerprint density at radius 1 is 1.20 bits per heavy atom. The molecule has 0 spiro atoms. The van der Waals surface area contributed by atoms with Gasteiger partial charge >= 0.3 is 11.4 Å². The molecule has 9 heteroatoms. The molecular weight excluding hydrogens is 344 g/mol. The van der Waals surface area contributed by atoms with Gasteiger partial charge in [0.15, 0.2) is 5.16 Å². The zero-order valence-corrected chi connectivity index (χ0v) is 15.4. The summed E-state index contributed by atoms with van der Waals surface area (Å²) < 4.78 is 2.56. The second-order valence-corrected chi connectivity index (χ2v) is 7.64. The molecule has 0 N–H and O–H groups in total. The lowest BCUT2D eigenvalue weighted by Crippen LogP contribution is -2.49. The van der Waals surface area contributed by atoms with Crippen LogP contribution in [0.5, 0.6) is 0 Å². The van der Waals surface area contributed by atoms with Crippen molar-refractivity contribution in [3.8, 4) is 0 Å². The smallest absolute Gasteiger partial charge is 0.268 e. The third kappa shape index (κ3) is 4.16. The quantitative estimate of drug-likeness (QED) is 0.458. The van der Waals surface area contributed by atoms with Crippen LogP contribution < -0.4 is 11.4 Å². The number of rotatable bonds is 5. The van der Waals surface area contributed by atoms with E-state index in [1.807, 2.05) is 6.92 Å². The largest absolute Gasteiger partial charge is 0.354 e. The normalized spacial score (nSPS) is 11.5. The Morgan fingerprint density at radius 2 is 1.80 bits per heavy atom. The summed E-state index contributed by atoms with van der Waals surface area (Å²) in [5, 5.41) is 11.1. The predicted molar refractivity (Wildman–Crippen MR) is 96.3 cm³/mol. The first-order valence-corrected chi connectivity index (χ1v) is 8.74. The molecular formula is C16H20N4O4S. The summed E-state index contributed by atoms with van der Waals surface area (Å²) in [6.07, 6.45) is 0. The van der Waals surface area contributed by atoms with Gasteiger partial charge in [0.05, 0.1) is 11.5 Å². The molecule has 25 heavy (non-hydrogen) atoms. The zero-order chi connectivity index (χ0) is 18.8. The van der Waals surface area contributed by atoms with Crippen LogP contribution in [0, 0.1) is 10.1 Å². The van der Waals surface area contributed by atoms with Crippen LogP contribution in [0.3, 0.4) is 0 Å². The first-order chi connectivity index (χ1) is 11.6. The number of hydrogen-bond donors (Lipinski definition) is 0. The highest BCUT2D eigenvalue weighted by Gasteiger charge is 2.22. The third-order valence-electron chi connectivity index (χ3n) is 3.47. The van der Waals surface area contributed by atoms with E-state index in [9.17, 15) is 19.7 Å². The molecule has 134 valence electrons. The van der Waals surface area contributed by atoms with Crippen LogP contribution in [-0.4, -0.2) is 24.8 Å². The lowest BCUT2D eigenvalue weighted by molar-refractivity contribution is -0.384. The van der Waals surface area contributed by atoms with Crippen LogP contribution in [0.15, 0.2) is 39.0 Å². The van der Waals surface area contributed by atoms with E-state index in [0.717, 1.165) is 4.57 Å². The van der Waals surface area contributed by atoms with E-state index < -0.39 is 21.8 Å². The summed E-state index contributed by atoms with van der Waals surface area (Å²) in [7, 11) is 0. The molecule has 2 rings (SSSR count). The zero-order valence-electron chi connectivity index (χ0n) is 14.6. The van der Waals surface area contributed by atoms with Crippen LogP contribution in [-0.2, 0) is 12.1 Å². The molecule has 1 aromatic heterocycles. The first-order valence-electron chi connectivity index (χ1n) is 7.75. The average Bonchev–Trinajstić information content (AvgIpc) is 2.50. The van der Waals surface area contributed by atoms with Gasteiger partial charge in [0, 0.05) is 17.7 Å². The number of aromatic nitrogens is 3. The number of nitro benzene ring substituents is 1. The Morgan fingerprint density at radius 3 is 2.28 bits per heavy atom. The Kier molecular flexibility index (Phi) is 5.46. The standard InChI is InChI=1S/C16H20N4O4S/c1-5-25-14-17-13(21)19(16(2,3)4)15(22)18(14)10-11-6-8-12(9-7-11)20(23)24/h6-9H,5,10H2,1-4H3. The lowest BCUT2D eigenvalue weighted by Gasteiger charge is -2.22. The van der Waals surface area contributed by atoms with Gasteiger partial charge in [0.2, 0.25) is 0 Å². The van der Waals surface area contributed by atoms with Crippen molar-refractivity contribution in [3.63, 3.8) is 0 Å². The maximum atomic E-state index is 12.9. The average molecular weight is 364 g/mol. The summed E-state index contributed by atoms with van der Waals surface area (Å²) in [5.41, 5.74) is -1.02. The van der Waals surface area contributed by atoms with E-state index in [1.165, 1.54) is 28.5 Å². The SMILES string of the molecule is CCSc1nc(=O)n(C(C)(C)C)c(=O)n1Cc1ccc([N+](=O)[O-])cc1. The van der Waals surface area contributed by atoms with Gasteiger partial charge in [-0.15, -0.1) is 0 Å². The van der Waals surface area contributed by atoms with E-state index in [4.69, 9.17) is 0 Å². The van der Waals surface area contributed by atoms with Crippen LogP contribution in [0.1, 0.15) is 33.3 Å². The molecule has 8 nitrogen and oxygen atoms in total. The highest BCUT2D eigenvalue weighted by molar-refractivity contribution is 7.99. The minimum absolute atomic E-state index is 0.0166. The van der Waals surface area contributed by atoms with Crippen molar-refractivity contribution in [1.29, 1.82) is 0 Å². The molecule has 0 fully saturated rings. The van der Waals surface area contributed by atoms with Crippen LogP contribution in [0.2, 0.25) is 0 Å². The Balaban J connectivity index is 2.56. The molecule has 0 atom stereocenters. The molecule has 0 aliphatic heterocycles. The Bertz CT molecular complexity index is 894. The van der Waals surface area contributed by atoms with Gasteiger partial charge in [-0.3, -0.25) is 14.7 Å². The summed E-state index contributed by atoms with van der Waals surface area (Å²) in [6, 6.07) is 5.97. The predicted octanol–water partition coefficient (Wildman–Crippen LogP) is 2.23. The van der Waals surface area contributed by atoms with Gasteiger partial charge in [-0.2, -0.15) is 4.98 Å². The topological polar surface area (TPSA) is 100 Å². The number of non-ortho nitro benzene ring substituents is 1. The van der Waals surface area contributed by atoms with Crippen LogP contribution in [0.25, 0.3) is 0 Å². The van der Waals surface area contributed by atoms with Crippen molar-refractivity contribution in [2.24, 2.45) is 0 Å². The molecule has 0 bridgehead atoms. The van der Waals surface area contributed by atoms with E-state index in [-0.39, 0.29) is 12.2 Å². The highest BCUT2D eigenvalue weighted by Crippen LogP contribution is 2.17. The molecule has 0 aliphatic rings. The summed E-state index contributed by atoms with van der Waals surface area (Å²) in [4.78, 5) is 39.5.